The first-order valence-electron chi connectivity index (χ1n) is 5.67. The Morgan fingerprint density at radius 1 is 1.15 bits per heavy atom. The van der Waals surface area contributed by atoms with Crippen molar-refractivity contribution >= 4 is 31.6 Å². The van der Waals surface area contributed by atoms with Crippen molar-refractivity contribution in [3.63, 3.8) is 0 Å². The number of anilines is 1. The Morgan fingerprint density at radius 3 is 2.35 bits per heavy atom. The number of hydrogen-bond acceptors (Lipinski definition) is 3. The zero-order valence-electron chi connectivity index (χ0n) is 10.3. The largest absolute Gasteiger partial charge is 0.381 e. The van der Waals surface area contributed by atoms with E-state index in [1.807, 2.05) is 0 Å². The van der Waals surface area contributed by atoms with Crippen LogP contribution < -0.4 is 10.5 Å². The third-order valence-corrected chi connectivity index (χ3v) is 4.20. The number of nitrogens with two attached hydrogens (primary N) is 1. The van der Waals surface area contributed by atoms with Gasteiger partial charge in [0.1, 0.15) is 5.82 Å². The van der Waals surface area contributed by atoms with Crippen LogP contribution in [0.3, 0.4) is 0 Å². The molecule has 0 fully saturated rings. The van der Waals surface area contributed by atoms with Crippen molar-refractivity contribution in [1.29, 1.82) is 0 Å². The second kappa shape index (κ2) is 5.90. The fourth-order valence-electron chi connectivity index (χ4n) is 1.62. The lowest BCUT2D eigenvalue weighted by Crippen LogP contribution is -2.12. The second-order valence-corrected chi connectivity index (χ2v) is 6.59. The first kappa shape index (κ1) is 15.0. The molecule has 0 amide bonds. The molecule has 0 radical (unpaired) electrons. The molecule has 106 valence electrons. The number of benzene rings is 2. The Bertz CT molecular complexity index is 718. The van der Waals surface area contributed by atoms with E-state index in [9.17, 15) is 12.8 Å². The van der Waals surface area contributed by atoms with Crippen LogP contribution in [0.2, 0.25) is 0 Å². The summed E-state index contributed by atoms with van der Waals surface area (Å²) >= 11 is 3.12. The maximum Gasteiger partial charge on any atom is 0.238 e. The highest BCUT2D eigenvalue weighted by atomic mass is 79.9. The van der Waals surface area contributed by atoms with Crippen molar-refractivity contribution < 1.29 is 12.8 Å². The Kier molecular flexibility index (Phi) is 4.42. The number of hydrogen-bond donors (Lipinski definition) is 2. The van der Waals surface area contributed by atoms with E-state index < -0.39 is 10.0 Å². The van der Waals surface area contributed by atoms with Crippen LogP contribution in [0.15, 0.2) is 51.8 Å². The molecule has 0 aliphatic rings. The summed E-state index contributed by atoms with van der Waals surface area (Å²) in [7, 11) is -3.67. The summed E-state index contributed by atoms with van der Waals surface area (Å²) in [5.41, 5.74) is 1.65. The minimum atomic E-state index is -3.67. The maximum atomic E-state index is 13.1. The monoisotopic (exact) mass is 358 g/mol. The van der Waals surface area contributed by atoms with Crippen LogP contribution >= 0.6 is 15.9 Å². The van der Waals surface area contributed by atoms with Gasteiger partial charge in [0.15, 0.2) is 0 Å². The van der Waals surface area contributed by atoms with Gasteiger partial charge >= 0.3 is 0 Å². The summed E-state index contributed by atoms with van der Waals surface area (Å²) < 4.78 is 35.7. The standard InChI is InChI=1S/C13H12BrFN2O2S/c14-12-7-9(1-6-13(12)15)8-17-10-2-4-11(5-3-10)20(16,18)19/h1-7,17H,8H2,(H2,16,18,19). The topological polar surface area (TPSA) is 72.2 Å². The number of sulfonamides is 1. The lowest BCUT2D eigenvalue weighted by atomic mass is 10.2. The van der Waals surface area contributed by atoms with Crippen LogP contribution in [0.5, 0.6) is 0 Å². The Balaban J connectivity index is 2.06. The van der Waals surface area contributed by atoms with Crippen molar-refractivity contribution in [2.75, 3.05) is 5.32 Å². The third kappa shape index (κ3) is 3.78. The number of primary sulfonamides is 1. The quantitative estimate of drug-likeness (QED) is 0.882. The van der Waals surface area contributed by atoms with Gasteiger partial charge in [-0.2, -0.15) is 0 Å². The molecule has 20 heavy (non-hydrogen) atoms. The average Bonchev–Trinajstić information content (AvgIpc) is 2.40. The molecular formula is C13H12BrFN2O2S. The Labute approximate surface area is 125 Å². The summed E-state index contributed by atoms with van der Waals surface area (Å²) in [5.74, 6) is -0.314. The summed E-state index contributed by atoms with van der Waals surface area (Å²) in [6, 6.07) is 10.8. The minimum absolute atomic E-state index is 0.0626. The molecule has 0 atom stereocenters. The van der Waals surface area contributed by atoms with E-state index in [1.54, 1.807) is 24.3 Å². The van der Waals surface area contributed by atoms with Crippen LogP contribution in [-0.2, 0) is 16.6 Å². The fourth-order valence-corrected chi connectivity index (χ4v) is 2.56. The van der Waals surface area contributed by atoms with Crippen molar-refractivity contribution in [1.82, 2.24) is 0 Å². The van der Waals surface area contributed by atoms with Crippen LogP contribution in [0.4, 0.5) is 10.1 Å². The van der Waals surface area contributed by atoms with E-state index >= 15 is 0 Å². The number of nitrogens with one attached hydrogen (secondary N) is 1. The minimum Gasteiger partial charge on any atom is -0.381 e. The predicted molar refractivity (Wildman–Crippen MR) is 79.2 cm³/mol. The van der Waals surface area contributed by atoms with Crippen LogP contribution in [0.25, 0.3) is 0 Å². The lowest BCUT2D eigenvalue weighted by molar-refractivity contribution is 0.598. The molecule has 0 aliphatic carbocycles. The highest BCUT2D eigenvalue weighted by molar-refractivity contribution is 9.10. The molecule has 0 spiro atoms. The summed E-state index contributed by atoms with van der Waals surface area (Å²) in [6.07, 6.45) is 0. The Morgan fingerprint density at radius 2 is 1.80 bits per heavy atom. The zero-order valence-corrected chi connectivity index (χ0v) is 12.7. The molecule has 0 aliphatic heterocycles. The van der Waals surface area contributed by atoms with Gasteiger partial charge in [-0.1, -0.05) is 6.07 Å². The van der Waals surface area contributed by atoms with Crippen LogP contribution in [0.1, 0.15) is 5.56 Å². The lowest BCUT2D eigenvalue weighted by Gasteiger charge is -2.08. The molecule has 2 aromatic carbocycles. The molecule has 2 aromatic rings. The van der Waals surface area contributed by atoms with E-state index in [2.05, 4.69) is 21.2 Å². The Hall–Kier alpha value is -1.44. The van der Waals surface area contributed by atoms with E-state index in [4.69, 9.17) is 5.14 Å². The maximum absolute atomic E-state index is 13.1. The van der Waals surface area contributed by atoms with E-state index in [-0.39, 0.29) is 10.7 Å². The molecule has 0 unspecified atom stereocenters. The van der Waals surface area contributed by atoms with Gasteiger partial charge in [-0.05, 0) is 57.9 Å². The molecule has 4 nitrogen and oxygen atoms in total. The van der Waals surface area contributed by atoms with E-state index in [1.165, 1.54) is 18.2 Å². The smallest absolute Gasteiger partial charge is 0.238 e. The van der Waals surface area contributed by atoms with Gasteiger partial charge in [-0.25, -0.2) is 17.9 Å². The second-order valence-electron chi connectivity index (χ2n) is 4.17. The molecular weight excluding hydrogens is 347 g/mol. The zero-order chi connectivity index (χ0) is 14.8. The first-order chi connectivity index (χ1) is 9.36. The molecule has 0 saturated heterocycles. The summed E-state index contributed by atoms with van der Waals surface area (Å²) in [4.78, 5) is 0.0626. The van der Waals surface area contributed by atoms with Gasteiger partial charge in [-0.3, -0.25) is 0 Å². The van der Waals surface area contributed by atoms with Crippen LogP contribution in [0, 0.1) is 5.82 Å². The molecule has 2 rings (SSSR count). The normalized spacial score (nSPS) is 11.3. The van der Waals surface area contributed by atoms with Crippen molar-refractivity contribution in [3.05, 3.63) is 58.3 Å². The molecule has 0 heterocycles. The van der Waals surface area contributed by atoms with Gasteiger partial charge in [0, 0.05) is 12.2 Å². The molecule has 0 saturated carbocycles. The first-order valence-corrected chi connectivity index (χ1v) is 8.01. The molecule has 7 heteroatoms. The van der Waals surface area contributed by atoms with Gasteiger partial charge in [0.2, 0.25) is 10.0 Å². The summed E-state index contributed by atoms with van der Waals surface area (Å²) in [6.45, 7) is 0.494. The van der Waals surface area contributed by atoms with Crippen molar-refractivity contribution in [3.8, 4) is 0 Å². The highest BCUT2D eigenvalue weighted by Gasteiger charge is 2.06. The fraction of sp³-hybridized carbons (Fsp3) is 0.0769. The molecule has 3 N–H and O–H groups in total. The number of halogens is 2. The van der Waals surface area contributed by atoms with E-state index in [0.29, 0.717) is 11.0 Å². The molecule has 0 aromatic heterocycles. The van der Waals surface area contributed by atoms with Gasteiger partial charge in [0.25, 0.3) is 0 Å². The number of rotatable bonds is 4. The molecule has 0 bridgehead atoms. The van der Waals surface area contributed by atoms with Gasteiger partial charge in [-0.15, -0.1) is 0 Å². The average molecular weight is 359 g/mol. The van der Waals surface area contributed by atoms with Crippen LogP contribution in [-0.4, -0.2) is 8.42 Å². The summed E-state index contributed by atoms with van der Waals surface area (Å²) in [5, 5.41) is 8.12. The highest BCUT2D eigenvalue weighted by Crippen LogP contribution is 2.18. The van der Waals surface area contributed by atoms with Gasteiger partial charge < -0.3 is 5.32 Å². The SMILES string of the molecule is NS(=O)(=O)c1ccc(NCc2ccc(F)c(Br)c2)cc1. The van der Waals surface area contributed by atoms with Crippen molar-refractivity contribution in [2.45, 2.75) is 11.4 Å². The predicted octanol–water partition coefficient (Wildman–Crippen LogP) is 2.85. The third-order valence-electron chi connectivity index (χ3n) is 2.66. The van der Waals surface area contributed by atoms with Crippen molar-refractivity contribution in [2.24, 2.45) is 5.14 Å². The van der Waals surface area contributed by atoms with E-state index in [0.717, 1.165) is 11.3 Å². The van der Waals surface area contributed by atoms with Gasteiger partial charge in [0.05, 0.1) is 9.37 Å².